The van der Waals surface area contributed by atoms with Crippen molar-refractivity contribution < 1.29 is 18.8 Å². The molecular formula is C18H27BO4. The predicted molar refractivity (Wildman–Crippen MR) is 92.2 cm³/mol. The van der Waals surface area contributed by atoms with Crippen molar-refractivity contribution in [1.82, 2.24) is 0 Å². The Hall–Kier alpha value is -1.33. The third-order valence-corrected chi connectivity index (χ3v) is 4.78. The van der Waals surface area contributed by atoms with Crippen molar-refractivity contribution in [3.63, 3.8) is 0 Å². The lowest BCUT2D eigenvalue weighted by Crippen LogP contribution is -2.41. The van der Waals surface area contributed by atoms with Crippen LogP contribution < -0.4 is 10.2 Å². The van der Waals surface area contributed by atoms with Gasteiger partial charge in [-0.25, -0.2) is 0 Å². The van der Waals surface area contributed by atoms with Crippen molar-refractivity contribution in [1.29, 1.82) is 0 Å². The number of rotatable bonds is 4. The first-order valence-electron chi connectivity index (χ1n) is 8.31. The van der Waals surface area contributed by atoms with E-state index in [-0.39, 0.29) is 17.2 Å². The van der Waals surface area contributed by atoms with Gasteiger partial charge in [-0.1, -0.05) is 26.0 Å². The van der Waals surface area contributed by atoms with E-state index in [1.54, 1.807) is 6.92 Å². The van der Waals surface area contributed by atoms with Gasteiger partial charge in [0.1, 0.15) is 5.75 Å². The summed E-state index contributed by atoms with van der Waals surface area (Å²) in [7, 11) is -0.403. The number of benzene rings is 1. The molecule has 1 aromatic rings. The van der Waals surface area contributed by atoms with Gasteiger partial charge in [0, 0.05) is 6.42 Å². The molecule has 0 radical (unpaired) electrons. The number of carbonyl (C=O) groups excluding carboxylic acids is 1. The number of esters is 1. The molecule has 1 aromatic carbocycles. The summed E-state index contributed by atoms with van der Waals surface area (Å²) in [6, 6.07) is 4.01. The Kier molecular flexibility index (Phi) is 4.93. The summed E-state index contributed by atoms with van der Waals surface area (Å²) in [6.07, 6.45) is 1.14. The van der Waals surface area contributed by atoms with Gasteiger partial charge in [0.25, 0.3) is 0 Å². The predicted octanol–water partition coefficient (Wildman–Crippen LogP) is 3.17. The number of hydrogen-bond donors (Lipinski definition) is 0. The first-order chi connectivity index (χ1) is 10.6. The van der Waals surface area contributed by atoms with Gasteiger partial charge in [-0.3, -0.25) is 4.79 Å². The van der Waals surface area contributed by atoms with Crippen LogP contribution in [0.4, 0.5) is 0 Å². The molecule has 1 heterocycles. The molecule has 1 fully saturated rings. The van der Waals surface area contributed by atoms with Crippen LogP contribution in [0.2, 0.25) is 0 Å². The summed E-state index contributed by atoms with van der Waals surface area (Å²) < 4.78 is 17.7. The van der Waals surface area contributed by atoms with Crippen molar-refractivity contribution in [2.24, 2.45) is 0 Å². The highest BCUT2D eigenvalue weighted by molar-refractivity contribution is 6.62. The van der Waals surface area contributed by atoms with Gasteiger partial charge in [-0.2, -0.15) is 0 Å². The van der Waals surface area contributed by atoms with Crippen LogP contribution in [-0.2, 0) is 20.5 Å². The Morgan fingerprint density at radius 1 is 1.13 bits per heavy atom. The summed E-state index contributed by atoms with van der Waals surface area (Å²) in [6.45, 7) is 14.0. The maximum absolute atomic E-state index is 11.6. The molecule has 4 nitrogen and oxygen atoms in total. The quantitative estimate of drug-likeness (QED) is 0.486. The van der Waals surface area contributed by atoms with Gasteiger partial charge < -0.3 is 14.0 Å². The van der Waals surface area contributed by atoms with E-state index in [1.807, 2.05) is 53.7 Å². The minimum absolute atomic E-state index is 0.216. The smallest absolute Gasteiger partial charge is 0.426 e. The Bertz CT molecular complexity index is 591. The van der Waals surface area contributed by atoms with Gasteiger partial charge in [-0.15, -0.1) is 0 Å². The van der Waals surface area contributed by atoms with Crippen LogP contribution in [0.15, 0.2) is 12.1 Å². The van der Waals surface area contributed by atoms with Gasteiger partial charge in [0.05, 0.1) is 11.2 Å². The van der Waals surface area contributed by atoms with E-state index in [0.29, 0.717) is 12.2 Å². The van der Waals surface area contributed by atoms with E-state index in [2.05, 4.69) is 0 Å². The highest BCUT2D eigenvalue weighted by Crippen LogP contribution is 2.37. The molecule has 0 aromatic heterocycles. The van der Waals surface area contributed by atoms with E-state index in [0.717, 1.165) is 23.0 Å². The molecule has 2 rings (SSSR count). The van der Waals surface area contributed by atoms with Crippen LogP contribution in [0, 0.1) is 6.92 Å². The standard InChI is InChI=1S/C18H27BO4/c1-8-13-11-14(10-12(3)16(13)21-15(20)9-2)19-22-17(4,5)18(6,7)23-19/h10-11H,8-9H2,1-7H3. The minimum Gasteiger partial charge on any atom is -0.426 e. The van der Waals surface area contributed by atoms with E-state index in [9.17, 15) is 4.79 Å². The lowest BCUT2D eigenvalue weighted by molar-refractivity contribution is -0.134. The SMILES string of the molecule is CCC(=O)Oc1c(C)cc(B2OC(C)(C)C(C)(C)O2)cc1CC. The van der Waals surface area contributed by atoms with Crippen molar-refractivity contribution in [3.05, 3.63) is 23.3 Å². The third kappa shape index (κ3) is 3.46. The molecule has 0 aliphatic carbocycles. The minimum atomic E-state index is -0.403. The Morgan fingerprint density at radius 2 is 1.70 bits per heavy atom. The second-order valence-corrected chi connectivity index (χ2v) is 7.10. The summed E-state index contributed by atoms with van der Waals surface area (Å²) in [5, 5.41) is 0. The van der Waals surface area contributed by atoms with E-state index >= 15 is 0 Å². The second kappa shape index (κ2) is 6.29. The molecule has 0 unspecified atom stereocenters. The Morgan fingerprint density at radius 3 is 2.17 bits per heavy atom. The average Bonchev–Trinajstić information content (AvgIpc) is 2.69. The van der Waals surface area contributed by atoms with Crippen molar-refractivity contribution in [2.75, 3.05) is 0 Å². The van der Waals surface area contributed by atoms with Crippen LogP contribution in [0.25, 0.3) is 0 Å². The van der Waals surface area contributed by atoms with E-state index < -0.39 is 7.12 Å². The van der Waals surface area contributed by atoms with Crippen LogP contribution in [0.3, 0.4) is 0 Å². The number of ether oxygens (including phenoxy) is 1. The van der Waals surface area contributed by atoms with Gasteiger partial charge >= 0.3 is 13.1 Å². The summed E-state index contributed by atoms with van der Waals surface area (Å²) in [5.74, 6) is 0.450. The number of carbonyl (C=O) groups is 1. The average molecular weight is 318 g/mol. The van der Waals surface area contributed by atoms with Crippen LogP contribution >= 0.6 is 0 Å². The fraction of sp³-hybridized carbons (Fsp3) is 0.611. The van der Waals surface area contributed by atoms with Crippen molar-refractivity contribution in [2.45, 2.75) is 72.5 Å². The van der Waals surface area contributed by atoms with Crippen molar-refractivity contribution in [3.8, 4) is 5.75 Å². The molecule has 5 heteroatoms. The van der Waals surface area contributed by atoms with Crippen LogP contribution in [0.5, 0.6) is 5.75 Å². The maximum Gasteiger partial charge on any atom is 0.494 e. The summed E-state index contributed by atoms with van der Waals surface area (Å²) in [5.41, 5.74) is 2.15. The molecule has 0 N–H and O–H groups in total. The molecule has 126 valence electrons. The third-order valence-electron chi connectivity index (χ3n) is 4.78. The zero-order valence-electron chi connectivity index (χ0n) is 15.3. The molecule has 0 amide bonds. The lowest BCUT2D eigenvalue weighted by Gasteiger charge is -2.32. The Balaban J connectivity index is 2.36. The molecule has 1 aliphatic heterocycles. The Labute approximate surface area is 139 Å². The summed E-state index contributed by atoms with van der Waals surface area (Å²) in [4.78, 5) is 11.6. The zero-order chi connectivity index (χ0) is 17.4. The normalized spacial score (nSPS) is 19.0. The molecule has 23 heavy (non-hydrogen) atoms. The fourth-order valence-corrected chi connectivity index (χ4v) is 2.59. The van der Waals surface area contributed by atoms with E-state index in [1.165, 1.54) is 0 Å². The van der Waals surface area contributed by atoms with E-state index in [4.69, 9.17) is 14.0 Å². The first kappa shape index (κ1) is 18.0. The molecule has 0 atom stereocenters. The van der Waals surface area contributed by atoms with Gasteiger partial charge in [0.2, 0.25) is 0 Å². The monoisotopic (exact) mass is 318 g/mol. The molecule has 1 saturated heterocycles. The van der Waals surface area contributed by atoms with Crippen LogP contribution in [-0.4, -0.2) is 24.3 Å². The highest BCUT2D eigenvalue weighted by atomic mass is 16.7. The number of hydrogen-bond acceptors (Lipinski definition) is 4. The topological polar surface area (TPSA) is 44.8 Å². The summed E-state index contributed by atoms with van der Waals surface area (Å²) >= 11 is 0. The lowest BCUT2D eigenvalue weighted by atomic mass is 9.77. The molecule has 0 saturated carbocycles. The van der Waals surface area contributed by atoms with Crippen LogP contribution in [0.1, 0.15) is 59.1 Å². The zero-order valence-corrected chi connectivity index (χ0v) is 15.3. The highest BCUT2D eigenvalue weighted by Gasteiger charge is 2.51. The molecule has 0 bridgehead atoms. The molecule has 1 aliphatic rings. The largest absolute Gasteiger partial charge is 0.494 e. The maximum atomic E-state index is 11.6. The second-order valence-electron chi connectivity index (χ2n) is 7.10. The van der Waals surface area contributed by atoms with Crippen molar-refractivity contribution >= 4 is 18.6 Å². The van der Waals surface area contributed by atoms with Gasteiger partial charge in [-0.05, 0) is 57.6 Å². The number of aryl methyl sites for hydroxylation is 2. The van der Waals surface area contributed by atoms with Gasteiger partial charge in [0.15, 0.2) is 0 Å². The molecular weight excluding hydrogens is 291 g/mol. The first-order valence-corrected chi connectivity index (χ1v) is 8.31. The molecule has 0 spiro atoms. The fourth-order valence-electron chi connectivity index (χ4n) is 2.59.